The van der Waals surface area contributed by atoms with E-state index >= 15 is 0 Å². The number of nitrogens with zero attached hydrogens (tertiary/aromatic N) is 4. The van der Waals surface area contributed by atoms with Gasteiger partial charge in [-0.1, -0.05) is 0 Å². The molecule has 0 spiro atoms. The zero-order chi connectivity index (χ0) is 14.1. The van der Waals surface area contributed by atoms with Gasteiger partial charge >= 0.3 is 0 Å². The van der Waals surface area contributed by atoms with Gasteiger partial charge in [0.05, 0.1) is 18.3 Å². The Bertz CT molecular complexity index is 588. The van der Waals surface area contributed by atoms with Gasteiger partial charge in [-0.25, -0.2) is 4.98 Å². The fourth-order valence-corrected chi connectivity index (χ4v) is 3.17. The molecule has 2 aromatic heterocycles. The maximum Gasteiger partial charge on any atom is 0.160 e. The first-order valence-corrected chi connectivity index (χ1v) is 7.81. The van der Waals surface area contributed by atoms with Crippen molar-refractivity contribution >= 4 is 0 Å². The lowest BCUT2D eigenvalue weighted by Crippen LogP contribution is -2.15. The molecule has 112 valence electrons. The van der Waals surface area contributed by atoms with Crippen LogP contribution in [-0.2, 0) is 24.4 Å². The molecule has 4 heterocycles. The van der Waals surface area contributed by atoms with Crippen molar-refractivity contribution in [2.75, 3.05) is 13.2 Å². The Morgan fingerprint density at radius 3 is 3.29 bits per heavy atom. The van der Waals surface area contributed by atoms with Crippen LogP contribution in [0.2, 0.25) is 0 Å². The molecule has 2 aliphatic heterocycles. The van der Waals surface area contributed by atoms with Crippen LogP contribution in [0.4, 0.5) is 0 Å². The summed E-state index contributed by atoms with van der Waals surface area (Å²) in [7, 11) is 0. The number of aromatic nitrogens is 4. The summed E-state index contributed by atoms with van der Waals surface area (Å²) < 4.78 is 10.0. The first-order chi connectivity index (χ1) is 10.4. The maximum atomic E-state index is 5.73. The number of ether oxygens (including phenoxy) is 1. The van der Waals surface area contributed by atoms with Gasteiger partial charge in [0.25, 0.3) is 0 Å². The second kappa shape index (κ2) is 5.61. The molecule has 2 aromatic rings. The number of nitrogens with one attached hydrogen (secondary N) is 1. The van der Waals surface area contributed by atoms with Gasteiger partial charge in [-0.2, -0.15) is 5.10 Å². The minimum atomic E-state index is 0.319. The summed E-state index contributed by atoms with van der Waals surface area (Å²) in [5.41, 5.74) is 2.21. The molecule has 6 nitrogen and oxygen atoms in total. The number of imidazole rings is 1. The van der Waals surface area contributed by atoms with Gasteiger partial charge in [0.2, 0.25) is 0 Å². The lowest BCUT2D eigenvalue weighted by atomic mass is 10.2. The summed E-state index contributed by atoms with van der Waals surface area (Å²) in [5, 5.41) is 8.17. The van der Waals surface area contributed by atoms with E-state index in [9.17, 15) is 0 Å². The Balaban J connectivity index is 1.60. The lowest BCUT2D eigenvalue weighted by molar-refractivity contribution is 0.0973. The van der Waals surface area contributed by atoms with E-state index in [0.717, 1.165) is 57.1 Å². The van der Waals surface area contributed by atoms with E-state index in [1.54, 1.807) is 0 Å². The van der Waals surface area contributed by atoms with Crippen LogP contribution >= 0.6 is 0 Å². The van der Waals surface area contributed by atoms with E-state index in [1.807, 2.05) is 12.4 Å². The number of fused-ring (bicyclic) bond motifs is 1. The van der Waals surface area contributed by atoms with Crippen molar-refractivity contribution < 1.29 is 4.74 Å². The molecule has 0 bridgehead atoms. The van der Waals surface area contributed by atoms with Crippen LogP contribution < -0.4 is 5.32 Å². The quantitative estimate of drug-likeness (QED) is 0.927. The summed E-state index contributed by atoms with van der Waals surface area (Å²) >= 11 is 0. The van der Waals surface area contributed by atoms with Crippen molar-refractivity contribution in [1.82, 2.24) is 24.6 Å². The van der Waals surface area contributed by atoms with Crippen molar-refractivity contribution in [2.45, 2.75) is 45.0 Å². The second-order valence-electron chi connectivity index (χ2n) is 5.81. The van der Waals surface area contributed by atoms with Crippen LogP contribution in [0.5, 0.6) is 0 Å². The first kappa shape index (κ1) is 13.0. The minimum absolute atomic E-state index is 0.319. The highest BCUT2D eigenvalue weighted by molar-refractivity contribution is 5.50. The fraction of sp³-hybridized carbons (Fsp3) is 0.600. The molecule has 1 fully saturated rings. The van der Waals surface area contributed by atoms with Crippen LogP contribution in [0.3, 0.4) is 0 Å². The summed E-state index contributed by atoms with van der Waals surface area (Å²) in [6, 6.07) is 2.16. The van der Waals surface area contributed by atoms with E-state index in [1.165, 1.54) is 12.1 Å². The average molecular weight is 287 g/mol. The molecule has 4 rings (SSSR count). The maximum absolute atomic E-state index is 5.73. The molecular weight excluding hydrogens is 266 g/mol. The lowest BCUT2D eigenvalue weighted by Gasteiger charge is -2.11. The Morgan fingerprint density at radius 1 is 1.38 bits per heavy atom. The van der Waals surface area contributed by atoms with E-state index in [2.05, 4.69) is 25.6 Å². The summed E-state index contributed by atoms with van der Waals surface area (Å²) in [5.74, 6) is 0.950. The standard InChI is InChI=1S/C15H21N5O/c1-3-13(21-8-1)11-19-7-5-17-15(19)14-9-12-10-16-4-2-6-20(12)18-14/h5,7,9,13,16H,1-4,6,8,10-11H2/t13-/m1/s1. The summed E-state index contributed by atoms with van der Waals surface area (Å²) in [6.45, 7) is 4.69. The van der Waals surface area contributed by atoms with E-state index in [4.69, 9.17) is 9.84 Å². The Hall–Kier alpha value is -1.66. The van der Waals surface area contributed by atoms with Crippen molar-refractivity contribution in [3.05, 3.63) is 24.2 Å². The number of hydrogen-bond acceptors (Lipinski definition) is 4. The number of aryl methyl sites for hydroxylation is 1. The third kappa shape index (κ3) is 2.61. The Morgan fingerprint density at radius 2 is 2.38 bits per heavy atom. The molecule has 21 heavy (non-hydrogen) atoms. The highest BCUT2D eigenvalue weighted by Crippen LogP contribution is 2.21. The molecule has 0 aromatic carbocycles. The van der Waals surface area contributed by atoms with Crippen LogP contribution in [0.1, 0.15) is 25.0 Å². The van der Waals surface area contributed by atoms with Crippen molar-refractivity contribution in [3.63, 3.8) is 0 Å². The molecule has 1 saturated heterocycles. The van der Waals surface area contributed by atoms with Crippen molar-refractivity contribution in [3.8, 4) is 11.5 Å². The van der Waals surface area contributed by atoms with E-state index < -0.39 is 0 Å². The minimum Gasteiger partial charge on any atom is -0.376 e. The van der Waals surface area contributed by atoms with Gasteiger partial charge in [0.15, 0.2) is 5.82 Å². The second-order valence-corrected chi connectivity index (χ2v) is 5.81. The van der Waals surface area contributed by atoms with Gasteiger partial charge in [0.1, 0.15) is 5.69 Å². The smallest absolute Gasteiger partial charge is 0.160 e. The molecule has 1 N–H and O–H groups in total. The molecule has 1 atom stereocenters. The Labute approximate surface area is 124 Å². The van der Waals surface area contributed by atoms with Gasteiger partial charge in [-0.05, 0) is 31.9 Å². The molecule has 0 amide bonds. The predicted octanol–water partition coefficient (Wildman–Crippen LogP) is 1.42. The van der Waals surface area contributed by atoms with Crippen molar-refractivity contribution in [2.24, 2.45) is 0 Å². The third-order valence-electron chi connectivity index (χ3n) is 4.26. The molecule has 0 aliphatic carbocycles. The summed E-state index contributed by atoms with van der Waals surface area (Å²) in [6.07, 6.45) is 7.63. The van der Waals surface area contributed by atoms with Crippen LogP contribution in [-0.4, -0.2) is 38.6 Å². The van der Waals surface area contributed by atoms with Crippen LogP contribution in [0, 0.1) is 0 Å². The number of rotatable bonds is 3. The third-order valence-corrected chi connectivity index (χ3v) is 4.26. The van der Waals surface area contributed by atoms with Gasteiger partial charge in [-0.3, -0.25) is 4.68 Å². The highest BCUT2D eigenvalue weighted by atomic mass is 16.5. The summed E-state index contributed by atoms with van der Waals surface area (Å²) in [4.78, 5) is 4.51. The zero-order valence-electron chi connectivity index (χ0n) is 12.2. The van der Waals surface area contributed by atoms with Gasteiger partial charge < -0.3 is 14.6 Å². The predicted molar refractivity (Wildman–Crippen MR) is 78.7 cm³/mol. The van der Waals surface area contributed by atoms with Crippen LogP contribution in [0.15, 0.2) is 18.5 Å². The average Bonchev–Trinajstić information content (AvgIpc) is 3.20. The van der Waals surface area contributed by atoms with Crippen molar-refractivity contribution in [1.29, 1.82) is 0 Å². The first-order valence-electron chi connectivity index (χ1n) is 7.81. The van der Waals surface area contributed by atoms with Gasteiger partial charge in [-0.15, -0.1) is 0 Å². The molecule has 0 radical (unpaired) electrons. The zero-order valence-corrected chi connectivity index (χ0v) is 12.2. The van der Waals surface area contributed by atoms with Crippen LogP contribution in [0.25, 0.3) is 11.5 Å². The van der Waals surface area contributed by atoms with Gasteiger partial charge in [0, 0.05) is 32.1 Å². The van der Waals surface area contributed by atoms with E-state index in [0.29, 0.717) is 6.10 Å². The number of hydrogen-bond donors (Lipinski definition) is 1. The topological polar surface area (TPSA) is 56.9 Å². The van der Waals surface area contributed by atoms with E-state index in [-0.39, 0.29) is 0 Å². The SMILES string of the molecule is c1cn(C[C@H]2CCCO2)c(-c2cc3n(n2)CCCNC3)n1. The fourth-order valence-electron chi connectivity index (χ4n) is 3.17. The monoisotopic (exact) mass is 287 g/mol. The largest absolute Gasteiger partial charge is 0.376 e. The Kier molecular flexibility index (Phi) is 3.48. The molecule has 0 unspecified atom stereocenters. The molecule has 6 heteroatoms. The molecule has 0 saturated carbocycles. The molecule has 2 aliphatic rings. The highest BCUT2D eigenvalue weighted by Gasteiger charge is 2.20. The molecular formula is C15H21N5O. The normalized spacial score (nSPS) is 22.2.